The molecule has 0 bridgehead atoms. The Kier molecular flexibility index (Phi) is 4.58. The first-order valence-electron chi connectivity index (χ1n) is 4.74. The molecule has 3 heteroatoms. The Balaban J connectivity index is 2.21. The summed E-state index contributed by atoms with van der Waals surface area (Å²) in [6.45, 7) is 6.28. The van der Waals surface area contributed by atoms with Gasteiger partial charge in [0.2, 0.25) is 0 Å². The highest BCUT2D eigenvalue weighted by Crippen LogP contribution is 1.94. The summed E-state index contributed by atoms with van der Waals surface area (Å²) >= 11 is 0. The van der Waals surface area contributed by atoms with E-state index in [2.05, 4.69) is 23.9 Å². The minimum atomic E-state index is 0.879. The van der Waals surface area contributed by atoms with Crippen LogP contribution in [0.4, 0.5) is 0 Å². The van der Waals surface area contributed by atoms with Crippen LogP contribution in [0, 0.1) is 0 Å². The van der Waals surface area contributed by atoms with E-state index in [0.717, 1.165) is 26.3 Å². The molecule has 1 aliphatic heterocycles. The minimum absolute atomic E-state index is 0.879. The van der Waals surface area contributed by atoms with Gasteiger partial charge in [0, 0.05) is 13.1 Å². The van der Waals surface area contributed by atoms with Crippen molar-refractivity contribution in [2.24, 2.45) is 0 Å². The van der Waals surface area contributed by atoms with E-state index in [1.165, 1.54) is 19.5 Å². The molecule has 3 nitrogen and oxygen atoms in total. The van der Waals surface area contributed by atoms with Gasteiger partial charge in [-0.05, 0) is 33.6 Å². The molecule has 0 aromatic rings. The van der Waals surface area contributed by atoms with Crippen molar-refractivity contribution in [2.75, 3.05) is 53.5 Å². The van der Waals surface area contributed by atoms with Gasteiger partial charge in [-0.3, -0.25) is 0 Å². The van der Waals surface area contributed by atoms with Crippen LogP contribution in [0.2, 0.25) is 0 Å². The van der Waals surface area contributed by atoms with Crippen molar-refractivity contribution in [1.29, 1.82) is 0 Å². The van der Waals surface area contributed by atoms with Crippen LogP contribution in [0.3, 0.4) is 0 Å². The lowest BCUT2D eigenvalue weighted by molar-refractivity contribution is 0.0833. The molecule has 0 saturated carbocycles. The molecule has 0 atom stereocenters. The number of nitrogens with zero attached hydrogens (tertiary/aromatic N) is 2. The zero-order chi connectivity index (χ0) is 8.81. The van der Waals surface area contributed by atoms with Crippen LogP contribution in [-0.4, -0.2) is 63.3 Å². The molecular formula is C9H20N2O. The van der Waals surface area contributed by atoms with Gasteiger partial charge >= 0.3 is 0 Å². The molecule has 0 spiro atoms. The minimum Gasteiger partial charge on any atom is -0.379 e. The van der Waals surface area contributed by atoms with Crippen molar-refractivity contribution >= 4 is 0 Å². The smallest absolute Gasteiger partial charge is 0.0593 e. The van der Waals surface area contributed by atoms with E-state index < -0.39 is 0 Å². The van der Waals surface area contributed by atoms with Gasteiger partial charge in [0.15, 0.2) is 0 Å². The molecule has 0 amide bonds. The molecular weight excluding hydrogens is 152 g/mol. The largest absolute Gasteiger partial charge is 0.379 e. The molecule has 0 N–H and O–H groups in total. The van der Waals surface area contributed by atoms with Gasteiger partial charge in [0.1, 0.15) is 0 Å². The third kappa shape index (κ3) is 4.04. The fraction of sp³-hybridized carbons (Fsp3) is 1.00. The van der Waals surface area contributed by atoms with E-state index in [-0.39, 0.29) is 0 Å². The van der Waals surface area contributed by atoms with E-state index in [0.29, 0.717) is 0 Å². The maximum Gasteiger partial charge on any atom is 0.0593 e. The summed E-state index contributed by atoms with van der Waals surface area (Å²) in [5.41, 5.74) is 0. The topological polar surface area (TPSA) is 15.7 Å². The van der Waals surface area contributed by atoms with E-state index in [4.69, 9.17) is 4.74 Å². The van der Waals surface area contributed by atoms with Crippen LogP contribution in [0.5, 0.6) is 0 Å². The van der Waals surface area contributed by atoms with Crippen LogP contribution < -0.4 is 0 Å². The third-order valence-corrected chi connectivity index (χ3v) is 2.31. The summed E-state index contributed by atoms with van der Waals surface area (Å²) in [6.07, 6.45) is 1.27. The van der Waals surface area contributed by atoms with Gasteiger partial charge in [-0.15, -0.1) is 0 Å². The van der Waals surface area contributed by atoms with Crippen LogP contribution >= 0.6 is 0 Å². The first-order valence-corrected chi connectivity index (χ1v) is 4.74. The Morgan fingerprint density at radius 1 is 0.833 bits per heavy atom. The fourth-order valence-electron chi connectivity index (χ4n) is 1.38. The second-order valence-electron chi connectivity index (χ2n) is 3.57. The molecule has 0 unspecified atom stereocenters. The highest BCUT2D eigenvalue weighted by Gasteiger charge is 2.03. The van der Waals surface area contributed by atoms with Crippen molar-refractivity contribution < 1.29 is 4.74 Å². The van der Waals surface area contributed by atoms with Crippen LogP contribution in [0.1, 0.15) is 6.42 Å². The summed E-state index contributed by atoms with van der Waals surface area (Å²) in [4.78, 5) is 4.66. The Labute approximate surface area is 75.3 Å². The molecule has 1 fully saturated rings. The number of hydrogen-bond donors (Lipinski definition) is 0. The Hall–Kier alpha value is -0.120. The van der Waals surface area contributed by atoms with Gasteiger partial charge in [-0.1, -0.05) is 0 Å². The van der Waals surface area contributed by atoms with Crippen LogP contribution in [0.15, 0.2) is 0 Å². The average Bonchev–Trinajstić information content (AvgIpc) is 2.04. The molecule has 12 heavy (non-hydrogen) atoms. The van der Waals surface area contributed by atoms with Crippen LogP contribution in [-0.2, 0) is 4.74 Å². The van der Waals surface area contributed by atoms with Gasteiger partial charge < -0.3 is 14.5 Å². The quantitative estimate of drug-likeness (QED) is 0.521. The Morgan fingerprint density at radius 2 is 1.33 bits per heavy atom. The fourth-order valence-corrected chi connectivity index (χ4v) is 1.38. The number of likely N-dealkylation sites (N-methyl/N-ethyl adjacent to an activating group) is 2. The monoisotopic (exact) mass is 172 g/mol. The maximum atomic E-state index is 5.47. The third-order valence-electron chi connectivity index (χ3n) is 2.31. The van der Waals surface area contributed by atoms with Crippen molar-refractivity contribution in [2.45, 2.75) is 6.42 Å². The zero-order valence-electron chi connectivity index (χ0n) is 8.25. The summed E-state index contributed by atoms with van der Waals surface area (Å²) in [6, 6.07) is 0. The molecule has 1 heterocycles. The Morgan fingerprint density at radius 3 is 1.83 bits per heavy atom. The summed E-state index contributed by atoms with van der Waals surface area (Å²) in [7, 11) is 4.32. The van der Waals surface area contributed by atoms with Crippen LogP contribution in [0.25, 0.3) is 0 Å². The highest BCUT2D eigenvalue weighted by molar-refractivity contribution is 4.57. The van der Waals surface area contributed by atoms with Crippen molar-refractivity contribution in [3.63, 3.8) is 0 Å². The summed E-state index contributed by atoms with van der Waals surface area (Å²) in [5.74, 6) is 0. The molecule has 0 aromatic carbocycles. The molecule has 1 aliphatic rings. The molecule has 72 valence electrons. The Bertz CT molecular complexity index is 107. The number of rotatable bonds is 0. The zero-order valence-corrected chi connectivity index (χ0v) is 8.25. The molecule has 0 radical (unpaired) electrons. The van der Waals surface area contributed by atoms with E-state index in [9.17, 15) is 0 Å². The van der Waals surface area contributed by atoms with Crippen molar-refractivity contribution in [3.8, 4) is 0 Å². The second kappa shape index (κ2) is 5.51. The van der Waals surface area contributed by atoms with E-state index >= 15 is 0 Å². The normalized spacial score (nSPS) is 25.5. The molecule has 0 aromatic heterocycles. The lowest BCUT2D eigenvalue weighted by Crippen LogP contribution is -2.32. The highest BCUT2D eigenvalue weighted by atomic mass is 16.5. The van der Waals surface area contributed by atoms with Gasteiger partial charge in [-0.2, -0.15) is 0 Å². The number of hydrogen-bond acceptors (Lipinski definition) is 3. The lowest BCUT2D eigenvalue weighted by atomic mass is 10.3. The first kappa shape index (κ1) is 9.96. The number of ether oxygens (including phenoxy) is 1. The standard InChI is InChI=1S/C9H20N2O/c1-10-4-3-5-11(2)7-9-12-8-6-10/h3-9H2,1-2H3. The van der Waals surface area contributed by atoms with Crippen molar-refractivity contribution in [3.05, 3.63) is 0 Å². The molecule has 1 rings (SSSR count). The predicted molar refractivity (Wildman–Crippen MR) is 50.4 cm³/mol. The second-order valence-corrected chi connectivity index (χ2v) is 3.57. The van der Waals surface area contributed by atoms with Crippen molar-refractivity contribution in [1.82, 2.24) is 9.80 Å². The van der Waals surface area contributed by atoms with Gasteiger partial charge in [0.25, 0.3) is 0 Å². The van der Waals surface area contributed by atoms with E-state index in [1.807, 2.05) is 0 Å². The predicted octanol–water partition coefficient (Wildman–Crippen LogP) is 0.270. The van der Waals surface area contributed by atoms with Gasteiger partial charge in [0.05, 0.1) is 13.2 Å². The van der Waals surface area contributed by atoms with E-state index in [1.54, 1.807) is 0 Å². The first-order chi connectivity index (χ1) is 5.79. The maximum absolute atomic E-state index is 5.47. The lowest BCUT2D eigenvalue weighted by Gasteiger charge is -2.22. The molecule has 0 aliphatic carbocycles. The van der Waals surface area contributed by atoms with Gasteiger partial charge in [-0.25, -0.2) is 0 Å². The average molecular weight is 172 g/mol. The summed E-state index contributed by atoms with van der Waals surface area (Å²) < 4.78 is 5.47. The summed E-state index contributed by atoms with van der Waals surface area (Å²) in [5, 5.41) is 0. The molecule has 1 saturated heterocycles. The SMILES string of the molecule is CN1CCCN(C)CCOCC1.